The summed E-state index contributed by atoms with van der Waals surface area (Å²) in [7, 11) is -1.95. The molecule has 1 aliphatic rings. The van der Waals surface area contributed by atoms with Crippen LogP contribution >= 0.6 is 0 Å². The van der Waals surface area contributed by atoms with Gasteiger partial charge >= 0.3 is 0 Å². The number of methoxy groups -OCH3 is 1. The Kier molecular flexibility index (Phi) is 3.18. The maximum atomic E-state index is 12.3. The summed E-state index contributed by atoms with van der Waals surface area (Å²) in [5.74, 6) is 0. The number of nitrogens with zero attached hydrogens (tertiary/aromatic N) is 1. The van der Waals surface area contributed by atoms with Crippen LogP contribution in [0.1, 0.15) is 12.0 Å². The molecule has 2 atom stereocenters. The summed E-state index contributed by atoms with van der Waals surface area (Å²) in [5.41, 5.74) is 0.145. The molecule has 1 aromatic carbocycles. The van der Waals surface area contributed by atoms with Crippen molar-refractivity contribution in [3.05, 3.63) is 29.8 Å². The zero-order valence-corrected chi connectivity index (χ0v) is 11.2. The van der Waals surface area contributed by atoms with Gasteiger partial charge in [0.2, 0.25) is 0 Å². The number of ether oxygens (including phenoxy) is 1. The van der Waals surface area contributed by atoms with E-state index >= 15 is 0 Å². The molecule has 0 heterocycles. The first-order valence-electron chi connectivity index (χ1n) is 5.67. The van der Waals surface area contributed by atoms with Crippen LogP contribution in [0.15, 0.2) is 29.2 Å². The number of sulfone groups is 1. The van der Waals surface area contributed by atoms with Gasteiger partial charge < -0.3 is 4.74 Å². The lowest BCUT2D eigenvalue weighted by Gasteiger charge is -2.08. The molecule has 96 valence electrons. The monoisotopic (exact) mass is 265 g/mol. The van der Waals surface area contributed by atoms with Crippen LogP contribution in [0, 0.1) is 23.7 Å². The predicted molar refractivity (Wildman–Crippen MR) is 66.7 cm³/mol. The molecule has 0 aliphatic heterocycles. The molecule has 0 aromatic heterocycles. The lowest BCUT2D eigenvalue weighted by atomic mass is 10.1. The highest BCUT2D eigenvalue weighted by Crippen LogP contribution is 2.52. The van der Waals surface area contributed by atoms with Crippen molar-refractivity contribution >= 4 is 9.84 Å². The minimum atomic E-state index is -3.43. The minimum Gasteiger partial charge on any atom is -0.383 e. The zero-order valence-electron chi connectivity index (χ0n) is 10.4. The number of aryl methyl sites for hydroxylation is 1. The fraction of sp³-hybridized carbons (Fsp3) is 0.462. The molecule has 4 nitrogen and oxygen atoms in total. The average molecular weight is 265 g/mol. The summed E-state index contributed by atoms with van der Waals surface area (Å²) >= 11 is 0. The minimum absolute atomic E-state index is 0.166. The van der Waals surface area contributed by atoms with Gasteiger partial charge in [-0.2, -0.15) is 5.26 Å². The average Bonchev–Trinajstić information content (AvgIpc) is 3.06. The summed E-state index contributed by atoms with van der Waals surface area (Å²) < 4.78 is 29.7. The van der Waals surface area contributed by atoms with Crippen LogP contribution in [-0.2, 0) is 14.6 Å². The number of hydrogen-bond acceptors (Lipinski definition) is 4. The number of hydrogen-bond donors (Lipinski definition) is 0. The first-order valence-corrected chi connectivity index (χ1v) is 7.22. The Bertz CT molecular complexity index is 586. The predicted octanol–water partition coefficient (Wildman–Crippen LogP) is 1.70. The lowest BCUT2D eigenvalue weighted by Crippen LogP contribution is -2.19. The SMILES string of the molecule is COC[C@]1(C#N)C[C@H]1S(=O)(=O)c1ccc(C)cc1. The molecule has 5 heteroatoms. The van der Waals surface area contributed by atoms with Crippen LogP contribution in [0.3, 0.4) is 0 Å². The van der Waals surface area contributed by atoms with Crippen molar-refractivity contribution in [3.8, 4) is 6.07 Å². The Balaban J connectivity index is 2.30. The van der Waals surface area contributed by atoms with Crippen molar-refractivity contribution in [1.29, 1.82) is 5.26 Å². The smallest absolute Gasteiger partial charge is 0.182 e. The first kappa shape index (κ1) is 13.1. The molecule has 0 spiro atoms. The zero-order chi connectivity index (χ0) is 13.4. The number of rotatable bonds is 4. The Labute approximate surface area is 107 Å². The van der Waals surface area contributed by atoms with E-state index < -0.39 is 20.5 Å². The molecule has 2 rings (SSSR count). The normalized spacial score (nSPS) is 26.6. The van der Waals surface area contributed by atoms with E-state index in [1.165, 1.54) is 7.11 Å². The van der Waals surface area contributed by atoms with Crippen molar-refractivity contribution < 1.29 is 13.2 Å². The molecule has 0 amide bonds. The molecule has 0 bridgehead atoms. The fourth-order valence-electron chi connectivity index (χ4n) is 2.13. The van der Waals surface area contributed by atoms with Crippen molar-refractivity contribution in [2.45, 2.75) is 23.5 Å². The Morgan fingerprint density at radius 1 is 1.44 bits per heavy atom. The van der Waals surface area contributed by atoms with E-state index in [0.717, 1.165) is 5.56 Å². The van der Waals surface area contributed by atoms with E-state index in [0.29, 0.717) is 6.42 Å². The number of nitriles is 1. The Morgan fingerprint density at radius 2 is 2.06 bits per heavy atom. The van der Waals surface area contributed by atoms with Gasteiger partial charge in [-0.05, 0) is 25.5 Å². The van der Waals surface area contributed by atoms with E-state index in [9.17, 15) is 8.42 Å². The first-order chi connectivity index (χ1) is 8.46. The summed E-state index contributed by atoms with van der Waals surface area (Å²) in [5, 5.41) is 8.48. The molecule has 1 aliphatic carbocycles. The second-order valence-corrected chi connectivity index (χ2v) is 6.88. The van der Waals surface area contributed by atoms with Gasteiger partial charge in [0.15, 0.2) is 9.84 Å². The molecule has 1 fully saturated rings. The largest absolute Gasteiger partial charge is 0.383 e. The third kappa shape index (κ3) is 2.02. The highest BCUT2D eigenvalue weighted by molar-refractivity contribution is 7.92. The standard InChI is InChI=1S/C13H15NO3S/c1-10-3-5-11(6-4-10)18(15,16)12-7-13(12,8-14)9-17-2/h3-6,12H,7,9H2,1-2H3/t12-,13-/m1/s1. The molecular weight excluding hydrogens is 250 g/mol. The van der Waals surface area contributed by atoms with Crippen molar-refractivity contribution in [2.75, 3.05) is 13.7 Å². The molecular formula is C13H15NO3S. The summed E-state index contributed by atoms with van der Waals surface area (Å²) in [6, 6.07) is 8.80. The van der Waals surface area contributed by atoms with E-state index in [1.54, 1.807) is 24.3 Å². The van der Waals surface area contributed by atoms with Crippen LogP contribution in [0.2, 0.25) is 0 Å². The summed E-state index contributed by atoms with van der Waals surface area (Å²) in [4.78, 5) is 0.284. The maximum absolute atomic E-state index is 12.3. The number of benzene rings is 1. The Morgan fingerprint density at radius 3 is 2.56 bits per heavy atom. The molecule has 0 radical (unpaired) electrons. The van der Waals surface area contributed by atoms with Gasteiger partial charge in [0, 0.05) is 7.11 Å². The van der Waals surface area contributed by atoms with Gasteiger partial charge in [0.25, 0.3) is 0 Å². The molecule has 0 saturated heterocycles. The van der Waals surface area contributed by atoms with E-state index in [2.05, 4.69) is 6.07 Å². The summed E-state index contributed by atoms with van der Waals surface area (Å²) in [6.07, 6.45) is 0.355. The third-order valence-electron chi connectivity index (χ3n) is 3.35. The Hall–Kier alpha value is -1.38. The highest BCUT2D eigenvalue weighted by Gasteiger charge is 2.62. The van der Waals surface area contributed by atoms with Gasteiger partial charge in [-0.25, -0.2) is 8.42 Å². The van der Waals surface area contributed by atoms with Gasteiger partial charge in [-0.1, -0.05) is 17.7 Å². The van der Waals surface area contributed by atoms with E-state index in [-0.39, 0.29) is 11.5 Å². The third-order valence-corrected chi connectivity index (χ3v) is 5.65. The van der Waals surface area contributed by atoms with Gasteiger partial charge in [0.05, 0.1) is 28.2 Å². The molecule has 18 heavy (non-hydrogen) atoms. The quantitative estimate of drug-likeness (QED) is 0.831. The van der Waals surface area contributed by atoms with Crippen molar-refractivity contribution in [1.82, 2.24) is 0 Å². The maximum Gasteiger partial charge on any atom is 0.182 e. The topological polar surface area (TPSA) is 67.2 Å². The van der Waals surface area contributed by atoms with Crippen molar-refractivity contribution in [3.63, 3.8) is 0 Å². The molecule has 1 aromatic rings. The van der Waals surface area contributed by atoms with E-state index in [4.69, 9.17) is 10.00 Å². The molecule has 0 N–H and O–H groups in total. The molecule has 0 unspecified atom stereocenters. The molecule has 1 saturated carbocycles. The van der Waals surface area contributed by atoms with Crippen molar-refractivity contribution in [2.24, 2.45) is 5.41 Å². The second-order valence-electron chi connectivity index (χ2n) is 4.75. The van der Waals surface area contributed by atoms with Crippen LogP contribution < -0.4 is 0 Å². The van der Waals surface area contributed by atoms with E-state index in [1.807, 2.05) is 6.92 Å². The van der Waals surface area contributed by atoms with Gasteiger partial charge in [-0.15, -0.1) is 0 Å². The van der Waals surface area contributed by atoms with Crippen LogP contribution in [0.5, 0.6) is 0 Å². The highest BCUT2D eigenvalue weighted by atomic mass is 32.2. The fourth-order valence-corrected chi connectivity index (χ4v) is 4.21. The van der Waals surface area contributed by atoms with Gasteiger partial charge in [0.1, 0.15) is 0 Å². The van der Waals surface area contributed by atoms with Crippen LogP contribution in [0.4, 0.5) is 0 Å². The van der Waals surface area contributed by atoms with Gasteiger partial charge in [-0.3, -0.25) is 0 Å². The van der Waals surface area contributed by atoms with Crippen LogP contribution in [-0.4, -0.2) is 27.4 Å². The summed E-state index contributed by atoms with van der Waals surface area (Å²) in [6.45, 7) is 2.07. The van der Waals surface area contributed by atoms with Crippen LogP contribution in [0.25, 0.3) is 0 Å². The lowest BCUT2D eigenvalue weighted by molar-refractivity contribution is 0.164. The second kappa shape index (κ2) is 4.38.